The topological polar surface area (TPSA) is 107 Å². The van der Waals surface area contributed by atoms with Gasteiger partial charge in [-0.1, -0.05) is 34.1 Å². The van der Waals surface area contributed by atoms with Crippen LogP contribution in [0.15, 0.2) is 57.8 Å². The van der Waals surface area contributed by atoms with Gasteiger partial charge in [0.15, 0.2) is 5.78 Å². The van der Waals surface area contributed by atoms with E-state index < -0.39 is 10.5 Å². The third-order valence-corrected chi connectivity index (χ3v) is 4.73. The Morgan fingerprint density at radius 3 is 2.59 bits per heavy atom. The van der Waals surface area contributed by atoms with E-state index in [-0.39, 0.29) is 35.0 Å². The molecule has 8 nitrogen and oxygen atoms in total. The smallest absolute Gasteiger partial charge is 0.291 e. The van der Waals surface area contributed by atoms with E-state index in [1.807, 2.05) is 6.07 Å². The van der Waals surface area contributed by atoms with Crippen molar-refractivity contribution in [1.82, 2.24) is 9.78 Å². The number of ketones is 1. The summed E-state index contributed by atoms with van der Waals surface area (Å²) >= 11 is 3.38. The van der Waals surface area contributed by atoms with Crippen LogP contribution < -0.4 is 10.9 Å². The van der Waals surface area contributed by atoms with Crippen molar-refractivity contribution in [3.05, 3.63) is 79.0 Å². The molecule has 29 heavy (non-hydrogen) atoms. The number of aromatic nitrogens is 2. The van der Waals surface area contributed by atoms with Crippen LogP contribution in [0.4, 0.5) is 17.1 Å². The van der Waals surface area contributed by atoms with Gasteiger partial charge in [-0.15, -0.1) is 0 Å². The first-order chi connectivity index (χ1) is 13.8. The minimum Gasteiger partial charge on any atom is -0.350 e. The number of non-ortho nitro benzene ring substituents is 1. The molecule has 0 fully saturated rings. The average molecular weight is 457 g/mol. The molecular weight excluding hydrogens is 440 g/mol. The fourth-order valence-electron chi connectivity index (χ4n) is 2.92. The van der Waals surface area contributed by atoms with Crippen LogP contribution in [0.2, 0.25) is 0 Å². The number of halogens is 1. The summed E-state index contributed by atoms with van der Waals surface area (Å²) in [4.78, 5) is 36.1. The first kappa shape index (κ1) is 20.4. The van der Waals surface area contributed by atoms with Crippen molar-refractivity contribution in [2.45, 2.75) is 20.4 Å². The molecule has 0 bridgehead atoms. The summed E-state index contributed by atoms with van der Waals surface area (Å²) in [5.41, 5.74) is 0.775. The molecule has 1 aromatic heterocycles. The molecule has 0 spiro atoms. The summed E-state index contributed by atoms with van der Waals surface area (Å²) in [7, 11) is 0. The molecule has 0 saturated heterocycles. The number of nitrogens with zero attached hydrogens (tertiary/aromatic N) is 3. The van der Waals surface area contributed by atoms with E-state index in [0.717, 1.165) is 4.47 Å². The van der Waals surface area contributed by atoms with Gasteiger partial charge in [0.1, 0.15) is 11.4 Å². The SMILES string of the molecule is CCn1nc(-c2cccc([N+](=O)[O-])c2)c(C(C)=O)c(Nc2cccc(Br)c2)c1=O. The van der Waals surface area contributed by atoms with Crippen molar-refractivity contribution in [3.63, 3.8) is 0 Å². The number of anilines is 2. The Bertz CT molecular complexity index is 1170. The number of carbonyl (C=O) groups excluding carboxylic acids is 1. The molecule has 0 aliphatic heterocycles. The molecule has 0 unspecified atom stereocenters. The monoisotopic (exact) mass is 456 g/mol. The van der Waals surface area contributed by atoms with Crippen LogP contribution in [0.25, 0.3) is 11.3 Å². The molecule has 9 heteroatoms. The standard InChI is InChI=1S/C20H17BrN4O4/c1-3-24-20(27)19(22-15-8-5-7-14(21)11-15)17(12(2)26)18(23-24)13-6-4-9-16(10-13)25(28)29/h4-11,22H,3H2,1-2H3. The van der Waals surface area contributed by atoms with Crippen molar-refractivity contribution in [1.29, 1.82) is 0 Å². The van der Waals surface area contributed by atoms with Gasteiger partial charge in [0.2, 0.25) is 0 Å². The zero-order valence-electron chi connectivity index (χ0n) is 15.7. The van der Waals surface area contributed by atoms with Crippen LogP contribution in [-0.4, -0.2) is 20.5 Å². The predicted octanol–water partition coefficient (Wildman–Crippen LogP) is 4.55. The molecule has 0 radical (unpaired) electrons. The number of Topliss-reactive ketones (excluding diaryl/α,β-unsaturated/α-hetero) is 1. The lowest BCUT2D eigenvalue weighted by molar-refractivity contribution is -0.384. The van der Waals surface area contributed by atoms with Gasteiger partial charge in [-0.3, -0.25) is 19.7 Å². The van der Waals surface area contributed by atoms with Crippen molar-refractivity contribution >= 4 is 38.8 Å². The minimum absolute atomic E-state index is 0.0777. The van der Waals surface area contributed by atoms with Gasteiger partial charge in [-0.05, 0) is 32.0 Å². The first-order valence-corrected chi connectivity index (χ1v) is 9.54. The number of rotatable bonds is 6. The van der Waals surface area contributed by atoms with E-state index in [9.17, 15) is 19.7 Å². The van der Waals surface area contributed by atoms with E-state index in [1.165, 1.54) is 29.8 Å². The maximum Gasteiger partial charge on any atom is 0.291 e. The number of hydrogen-bond donors (Lipinski definition) is 1. The highest BCUT2D eigenvalue weighted by Gasteiger charge is 2.23. The van der Waals surface area contributed by atoms with Gasteiger partial charge < -0.3 is 5.32 Å². The third kappa shape index (κ3) is 4.24. The molecule has 0 atom stereocenters. The summed E-state index contributed by atoms with van der Waals surface area (Å²) in [6.45, 7) is 3.35. The second kappa shape index (κ2) is 8.36. The molecule has 0 aliphatic carbocycles. The van der Waals surface area contributed by atoms with Crippen LogP contribution in [0, 0.1) is 10.1 Å². The minimum atomic E-state index is -0.520. The van der Waals surface area contributed by atoms with Crippen LogP contribution in [-0.2, 0) is 6.54 Å². The average Bonchev–Trinajstić information content (AvgIpc) is 2.69. The van der Waals surface area contributed by atoms with Crippen molar-refractivity contribution in [3.8, 4) is 11.3 Å². The number of nitro benzene ring substituents is 1. The van der Waals surface area contributed by atoms with Crippen LogP contribution in [0.3, 0.4) is 0 Å². The fraction of sp³-hybridized carbons (Fsp3) is 0.150. The highest BCUT2D eigenvalue weighted by atomic mass is 79.9. The molecule has 0 saturated carbocycles. The normalized spacial score (nSPS) is 10.6. The maximum atomic E-state index is 12.9. The largest absolute Gasteiger partial charge is 0.350 e. The Kier molecular flexibility index (Phi) is 5.88. The second-order valence-electron chi connectivity index (χ2n) is 6.22. The quantitative estimate of drug-likeness (QED) is 0.331. The Morgan fingerprint density at radius 2 is 1.97 bits per heavy atom. The number of benzene rings is 2. The van der Waals surface area contributed by atoms with Crippen molar-refractivity contribution in [2.24, 2.45) is 0 Å². The fourth-order valence-corrected chi connectivity index (χ4v) is 3.32. The van der Waals surface area contributed by atoms with E-state index in [4.69, 9.17) is 0 Å². The maximum absolute atomic E-state index is 12.9. The molecule has 0 amide bonds. The van der Waals surface area contributed by atoms with Crippen molar-refractivity contribution in [2.75, 3.05) is 5.32 Å². The number of aryl methyl sites for hydroxylation is 1. The van der Waals surface area contributed by atoms with E-state index in [2.05, 4.69) is 26.3 Å². The highest BCUT2D eigenvalue weighted by molar-refractivity contribution is 9.10. The zero-order valence-corrected chi connectivity index (χ0v) is 17.3. The predicted molar refractivity (Wildman–Crippen MR) is 114 cm³/mol. The molecule has 2 aromatic carbocycles. The Balaban J connectivity index is 2.29. The van der Waals surface area contributed by atoms with Crippen LogP contribution in [0.1, 0.15) is 24.2 Å². The molecule has 1 N–H and O–H groups in total. The number of hydrogen-bond acceptors (Lipinski definition) is 6. The lowest BCUT2D eigenvalue weighted by Gasteiger charge is -2.16. The Labute approximate surface area is 174 Å². The first-order valence-electron chi connectivity index (χ1n) is 8.75. The lowest BCUT2D eigenvalue weighted by atomic mass is 10.0. The molecular formula is C20H17BrN4O4. The van der Waals surface area contributed by atoms with Gasteiger partial charge >= 0.3 is 0 Å². The molecule has 148 valence electrons. The zero-order chi connectivity index (χ0) is 21.1. The second-order valence-corrected chi connectivity index (χ2v) is 7.13. The molecule has 0 aliphatic rings. The third-order valence-electron chi connectivity index (χ3n) is 4.23. The summed E-state index contributed by atoms with van der Waals surface area (Å²) < 4.78 is 2.02. The lowest BCUT2D eigenvalue weighted by Crippen LogP contribution is -2.28. The van der Waals surface area contributed by atoms with E-state index in [0.29, 0.717) is 11.3 Å². The van der Waals surface area contributed by atoms with Gasteiger partial charge in [-0.25, -0.2) is 4.68 Å². The Hall–Kier alpha value is -3.33. The van der Waals surface area contributed by atoms with Gasteiger partial charge in [0, 0.05) is 34.4 Å². The molecule has 3 aromatic rings. The summed E-state index contributed by atoms with van der Waals surface area (Å²) in [5.74, 6) is -0.378. The summed E-state index contributed by atoms with van der Waals surface area (Å²) in [5, 5.41) is 18.5. The van der Waals surface area contributed by atoms with Crippen LogP contribution in [0.5, 0.6) is 0 Å². The van der Waals surface area contributed by atoms with Crippen molar-refractivity contribution < 1.29 is 9.72 Å². The molecule has 3 rings (SSSR count). The molecule has 1 heterocycles. The van der Waals surface area contributed by atoms with Gasteiger partial charge in [0.05, 0.1) is 10.5 Å². The van der Waals surface area contributed by atoms with Crippen LogP contribution >= 0.6 is 15.9 Å². The van der Waals surface area contributed by atoms with Gasteiger partial charge in [-0.2, -0.15) is 5.10 Å². The summed E-state index contributed by atoms with van der Waals surface area (Å²) in [6, 6.07) is 13.0. The van der Waals surface area contributed by atoms with E-state index >= 15 is 0 Å². The number of nitro groups is 1. The van der Waals surface area contributed by atoms with E-state index in [1.54, 1.807) is 31.2 Å². The number of nitrogens with one attached hydrogen (secondary N) is 1. The summed E-state index contributed by atoms with van der Waals surface area (Å²) in [6.07, 6.45) is 0. The van der Waals surface area contributed by atoms with Gasteiger partial charge in [0.25, 0.3) is 11.2 Å². The highest BCUT2D eigenvalue weighted by Crippen LogP contribution is 2.30. The Morgan fingerprint density at radius 1 is 1.24 bits per heavy atom. The number of carbonyl (C=O) groups is 1.